The predicted octanol–water partition coefficient (Wildman–Crippen LogP) is 6.64. The van der Waals surface area contributed by atoms with Gasteiger partial charge in [0, 0.05) is 19.8 Å². The molecule has 1 aliphatic rings. The fraction of sp³-hybridized carbons (Fsp3) is 0.667. The van der Waals surface area contributed by atoms with Crippen molar-refractivity contribution in [2.24, 2.45) is 0 Å². The molecule has 1 unspecified atom stereocenters. The molecule has 0 N–H and O–H groups in total. The molecule has 63 heavy (non-hydrogen) atoms. The second-order valence-electron chi connectivity index (χ2n) is 10.4. The summed E-state index contributed by atoms with van der Waals surface area (Å²) in [5.74, 6) is 0. The maximum absolute atomic E-state index is 8.00. The van der Waals surface area contributed by atoms with Crippen molar-refractivity contribution in [2.75, 3.05) is 33.0 Å². The summed E-state index contributed by atoms with van der Waals surface area (Å²) in [6, 6.07) is 0. The highest BCUT2D eigenvalue weighted by molar-refractivity contribution is 5.12. The van der Waals surface area contributed by atoms with E-state index >= 15 is 0 Å². The highest BCUT2D eigenvalue weighted by Gasteiger charge is 2.21. The quantitative estimate of drug-likeness (QED) is 0.0561. The van der Waals surface area contributed by atoms with Crippen LogP contribution in [-0.2, 0) is 86.1 Å². The summed E-state index contributed by atoms with van der Waals surface area (Å²) in [5, 5.41) is 0. The Bertz CT molecular complexity index is 542. The number of hydrogen-bond acceptors (Lipinski definition) is 18. The SMILES string of the molecule is C=O.C=O.C=O.C=O.C=O.C=O.C=O.C=O.C=O.C=O.C=O.C=O.C=O.C=O.C=O.CCCCCCCCCCCCOCCCCCCCCCCCCCCCOCC1CO1. The second-order valence-corrected chi connectivity index (χ2v) is 10.4. The Balaban J connectivity index is -0.0000000497. The van der Waals surface area contributed by atoms with Crippen LogP contribution in [0.5, 0.6) is 0 Å². The van der Waals surface area contributed by atoms with Gasteiger partial charge in [-0.05, 0) is 19.3 Å². The van der Waals surface area contributed by atoms with Gasteiger partial charge in [0.15, 0.2) is 0 Å². The van der Waals surface area contributed by atoms with Gasteiger partial charge in [0.1, 0.15) is 108 Å². The van der Waals surface area contributed by atoms with Crippen LogP contribution >= 0.6 is 0 Å². The molecule has 0 amide bonds. The Morgan fingerprint density at radius 1 is 0.286 bits per heavy atom. The lowest BCUT2D eigenvalue weighted by Crippen LogP contribution is -2.02. The minimum atomic E-state index is 0.420. The van der Waals surface area contributed by atoms with E-state index in [0.29, 0.717) is 6.10 Å². The summed E-state index contributed by atoms with van der Waals surface area (Å²) in [6.45, 7) is 36.9. The van der Waals surface area contributed by atoms with Gasteiger partial charge in [-0.15, -0.1) is 0 Å². The van der Waals surface area contributed by atoms with Gasteiger partial charge in [-0.25, -0.2) is 0 Å². The molecule has 0 saturated carbocycles. The van der Waals surface area contributed by atoms with E-state index in [1.165, 1.54) is 148 Å². The van der Waals surface area contributed by atoms with Crippen LogP contribution in [0, 0.1) is 0 Å². The van der Waals surface area contributed by atoms with Crippen molar-refractivity contribution in [3.8, 4) is 0 Å². The topological polar surface area (TPSA) is 287 Å². The van der Waals surface area contributed by atoms with E-state index in [4.69, 9.17) is 86.1 Å². The van der Waals surface area contributed by atoms with Crippen LogP contribution < -0.4 is 0 Å². The molecule has 0 aliphatic carbocycles. The zero-order valence-corrected chi connectivity index (χ0v) is 39.3. The van der Waals surface area contributed by atoms with Crippen LogP contribution in [0.4, 0.5) is 0 Å². The minimum absolute atomic E-state index is 0.420. The van der Waals surface area contributed by atoms with E-state index in [1.807, 2.05) is 102 Å². The lowest BCUT2D eigenvalue weighted by Gasteiger charge is -2.05. The standard InChI is InChI=1S/C30H60O3.15CH2O/c1-2-3-4-5-6-7-13-16-19-22-25-31-26-23-20-17-14-11-9-8-10-12-15-18-21-24-27-32-28-30-29-33-30;15*1-2/h30H,2-29H2,1H3;15*1H2. The molecular formula is C45H90O18. The third-order valence-corrected chi connectivity index (χ3v) is 6.93. The van der Waals surface area contributed by atoms with Crippen LogP contribution in [0.25, 0.3) is 0 Å². The normalized spacial score (nSPS) is 9.00. The number of carbonyl (C=O) groups excluding carboxylic acids is 15. The highest BCUT2D eigenvalue weighted by atomic mass is 16.6. The van der Waals surface area contributed by atoms with Gasteiger partial charge in [0.05, 0.1) is 13.2 Å². The van der Waals surface area contributed by atoms with Crippen LogP contribution in [0.1, 0.15) is 155 Å². The Hall–Kier alpha value is -5.07. The van der Waals surface area contributed by atoms with Gasteiger partial charge in [0.2, 0.25) is 0 Å². The molecule has 0 bridgehead atoms. The molecule has 1 saturated heterocycles. The van der Waals surface area contributed by atoms with Crippen molar-refractivity contribution in [3.05, 3.63) is 0 Å². The molecule has 1 heterocycles. The van der Waals surface area contributed by atoms with Crippen molar-refractivity contribution < 1.29 is 86.1 Å². The number of ether oxygens (including phenoxy) is 3. The summed E-state index contributed by atoms with van der Waals surface area (Å²) in [7, 11) is 0. The molecule has 0 aromatic heterocycles. The molecule has 1 rings (SSSR count). The van der Waals surface area contributed by atoms with Crippen molar-refractivity contribution in [3.63, 3.8) is 0 Å². The first-order valence-corrected chi connectivity index (χ1v) is 19.5. The lowest BCUT2D eigenvalue weighted by molar-refractivity contribution is -0.0987. The van der Waals surface area contributed by atoms with E-state index in [9.17, 15) is 0 Å². The zero-order valence-electron chi connectivity index (χ0n) is 39.3. The molecule has 0 spiro atoms. The van der Waals surface area contributed by atoms with Crippen LogP contribution in [0.3, 0.4) is 0 Å². The fourth-order valence-corrected chi connectivity index (χ4v) is 4.53. The number of epoxide rings is 1. The van der Waals surface area contributed by atoms with Crippen LogP contribution in [0.2, 0.25) is 0 Å². The van der Waals surface area contributed by atoms with E-state index in [0.717, 1.165) is 33.0 Å². The van der Waals surface area contributed by atoms with Gasteiger partial charge in [-0.3, -0.25) is 0 Å². The lowest BCUT2D eigenvalue weighted by atomic mass is 10.0. The summed E-state index contributed by atoms with van der Waals surface area (Å²) < 4.78 is 16.5. The van der Waals surface area contributed by atoms with Crippen molar-refractivity contribution >= 4 is 102 Å². The number of unbranched alkanes of at least 4 members (excludes halogenated alkanes) is 21. The van der Waals surface area contributed by atoms with Crippen LogP contribution in [-0.4, -0.2) is 141 Å². The van der Waals surface area contributed by atoms with E-state index < -0.39 is 0 Å². The molecule has 18 heteroatoms. The summed E-state index contributed by atoms with van der Waals surface area (Å²) >= 11 is 0. The molecule has 0 aromatic rings. The minimum Gasteiger partial charge on any atom is -0.381 e. The first-order chi connectivity index (χ1) is 31.4. The fourth-order valence-electron chi connectivity index (χ4n) is 4.53. The Labute approximate surface area is 381 Å². The first kappa shape index (κ1) is 102. The molecule has 378 valence electrons. The molecule has 1 aliphatic heterocycles. The summed E-state index contributed by atoms with van der Waals surface area (Å²) in [5.41, 5.74) is 0. The molecule has 18 nitrogen and oxygen atoms in total. The molecule has 1 atom stereocenters. The second kappa shape index (κ2) is 213. The zero-order chi connectivity index (χ0) is 53.5. The average molecular weight is 919 g/mol. The number of rotatable bonds is 29. The van der Waals surface area contributed by atoms with Crippen molar-refractivity contribution in [1.29, 1.82) is 0 Å². The van der Waals surface area contributed by atoms with Gasteiger partial charge in [0.25, 0.3) is 0 Å². The number of hydrogen-bond donors (Lipinski definition) is 0. The molecule has 0 radical (unpaired) electrons. The highest BCUT2D eigenvalue weighted by Crippen LogP contribution is 2.14. The predicted molar refractivity (Wildman–Crippen MR) is 250 cm³/mol. The largest absolute Gasteiger partial charge is 0.381 e. The summed E-state index contributed by atoms with van der Waals surface area (Å²) in [6.07, 6.45) is 32.4. The van der Waals surface area contributed by atoms with E-state index in [2.05, 4.69) is 6.92 Å². The molecule has 0 aromatic carbocycles. The first-order valence-electron chi connectivity index (χ1n) is 19.5. The maximum Gasteiger partial charge on any atom is 0.106 e. The van der Waals surface area contributed by atoms with Crippen LogP contribution in [0.15, 0.2) is 0 Å². The van der Waals surface area contributed by atoms with Crippen molar-refractivity contribution in [1.82, 2.24) is 0 Å². The average Bonchev–Trinajstić information content (AvgIpc) is 4.26. The Kier molecular flexibility index (Phi) is 344. The van der Waals surface area contributed by atoms with Gasteiger partial charge < -0.3 is 86.1 Å². The third-order valence-electron chi connectivity index (χ3n) is 6.93. The monoisotopic (exact) mass is 919 g/mol. The third kappa shape index (κ3) is 220. The van der Waals surface area contributed by atoms with Gasteiger partial charge in [-0.1, -0.05) is 135 Å². The van der Waals surface area contributed by atoms with E-state index in [-0.39, 0.29) is 0 Å². The smallest absolute Gasteiger partial charge is 0.106 e. The van der Waals surface area contributed by atoms with E-state index in [1.54, 1.807) is 0 Å². The summed E-state index contributed by atoms with van der Waals surface area (Å²) in [4.78, 5) is 120. The molecule has 1 fully saturated rings. The van der Waals surface area contributed by atoms with Gasteiger partial charge >= 0.3 is 0 Å². The van der Waals surface area contributed by atoms with Gasteiger partial charge in [-0.2, -0.15) is 0 Å². The Morgan fingerprint density at radius 2 is 0.444 bits per heavy atom. The number of carbonyl (C=O) groups is 15. The maximum atomic E-state index is 8.00. The molecular weight excluding hydrogens is 828 g/mol. The Morgan fingerprint density at radius 3 is 0.619 bits per heavy atom. The van der Waals surface area contributed by atoms with Crippen molar-refractivity contribution in [2.45, 2.75) is 161 Å².